The van der Waals surface area contributed by atoms with Crippen LogP contribution >= 0.6 is 0 Å². The Bertz CT molecular complexity index is 554. The van der Waals surface area contributed by atoms with Crippen LogP contribution in [0.3, 0.4) is 0 Å². The van der Waals surface area contributed by atoms with E-state index in [4.69, 9.17) is 0 Å². The van der Waals surface area contributed by atoms with Gasteiger partial charge in [-0.25, -0.2) is 0 Å². The van der Waals surface area contributed by atoms with Crippen LogP contribution in [0.15, 0.2) is 24.3 Å². The van der Waals surface area contributed by atoms with E-state index in [0.717, 1.165) is 17.8 Å². The molecule has 1 aliphatic carbocycles. The second kappa shape index (κ2) is 5.76. The number of hydrogen-bond acceptors (Lipinski definition) is 3. The molecule has 1 fully saturated rings. The first-order valence-electron chi connectivity index (χ1n) is 7.48. The Morgan fingerprint density at radius 3 is 2.71 bits per heavy atom. The number of para-hydroxylation sites is 1. The van der Waals surface area contributed by atoms with Gasteiger partial charge in [-0.3, -0.25) is 9.59 Å². The molecule has 5 heteroatoms. The fraction of sp³-hybridized carbons (Fsp3) is 0.500. The Kier molecular flexibility index (Phi) is 3.82. The summed E-state index contributed by atoms with van der Waals surface area (Å²) in [7, 11) is 0. The van der Waals surface area contributed by atoms with Crippen molar-refractivity contribution in [2.75, 3.05) is 24.5 Å². The van der Waals surface area contributed by atoms with E-state index in [-0.39, 0.29) is 5.91 Å². The molecular weight excluding hydrogens is 268 g/mol. The van der Waals surface area contributed by atoms with Gasteiger partial charge < -0.3 is 15.3 Å². The molecule has 0 bridgehead atoms. The number of aliphatic carboxylic acids is 1. The first-order valence-corrected chi connectivity index (χ1v) is 7.48. The van der Waals surface area contributed by atoms with Crippen LogP contribution < -0.4 is 10.2 Å². The third-order valence-electron chi connectivity index (χ3n) is 4.26. The maximum atomic E-state index is 12.0. The molecule has 1 saturated carbocycles. The number of nitrogens with zero attached hydrogens (tertiary/aromatic N) is 1. The van der Waals surface area contributed by atoms with Gasteiger partial charge in [-0.1, -0.05) is 18.2 Å². The van der Waals surface area contributed by atoms with E-state index in [1.807, 2.05) is 29.2 Å². The normalized spacial score (nSPS) is 20.8. The van der Waals surface area contributed by atoms with Gasteiger partial charge in [-0.2, -0.15) is 0 Å². The standard InChI is InChI=1S/C16H20N2O3/c19-15(17-9-11-5-6-11)10-18-8-7-13(16(20)21)12-3-1-2-4-14(12)18/h1-4,11,13H,5-10H2,(H,17,19)(H,20,21). The van der Waals surface area contributed by atoms with E-state index in [1.165, 1.54) is 12.8 Å². The zero-order chi connectivity index (χ0) is 14.8. The van der Waals surface area contributed by atoms with E-state index in [9.17, 15) is 14.7 Å². The molecule has 2 N–H and O–H groups in total. The molecule has 2 aliphatic rings. The summed E-state index contributed by atoms with van der Waals surface area (Å²) in [6, 6.07) is 7.49. The summed E-state index contributed by atoms with van der Waals surface area (Å²) in [6.45, 7) is 1.67. The highest BCUT2D eigenvalue weighted by Crippen LogP contribution is 2.35. The largest absolute Gasteiger partial charge is 0.481 e. The summed E-state index contributed by atoms with van der Waals surface area (Å²) in [5.74, 6) is -0.572. The van der Waals surface area contributed by atoms with Gasteiger partial charge in [-0.05, 0) is 36.8 Å². The van der Waals surface area contributed by atoms with E-state index in [1.54, 1.807) is 0 Å². The smallest absolute Gasteiger partial charge is 0.311 e. The molecule has 5 nitrogen and oxygen atoms in total. The summed E-state index contributed by atoms with van der Waals surface area (Å²) in [4.78, 5) is 25.3. The lowest BCUT2D eigenvalue weighted by Crippen LogP contribution is -2.41. The molecule has 1 aromatic carbocycles. The summed E-state index contributed by atoms with van der Waals surface area (Å²) in [6.07, 6.45) is 2.97. The van der Waals surface area contributed by atoms with Crippen molar-refractivity contribution < 1.29 is 14.7 Å². The predicted octanol–water partition coefficient (Wildman–Crippen LogP) is 1.59. The van der Waals surface area contributed by atoms with Gasteiger partial charge >= 0.3 is 5.97 Å². The zero-order valence-corrected chi connectivity index (χ0v) is 11.9. The van der Waals surface area contributed by atoms with Gasteiger partial charge in [0, 0.05) is 18.8 Å². The number of carbonyl (C=O) groups excluding carboxylic acids is 1. The third kappa shape index (κ3) is 3.17. The van der Waals surface area contributed by atoms with Crippen LogP contribution in [0.4, 0.5) is 5.69 Å². The number of anilines is 1. The van der Waals surface area contributed by atoms with Crippen LogP contribution in [0.1, 0.15) is 30.7 Å². The van der Waals surface area contributed by atoms with Crippen LogP contribution in [-0.4, -0.2) is 36.6 Å². The number of carboxylic acids is 1. The number of hydrogen-bond donors (Lipinski definition) is 2. The lowest BCUT2D eigenvalue weighted by atomic mass is 9.90. The number of fused-ring (bicyclic) bond motifs is 1. The Morgan fingerprint density at radius 1 is 1.24 bits per heavy atom. The first kappa shape index (κ1) is 13.9. The fourth-order valence-corrected chi connectivity index (χ4v) is 2.86. The Labute approximate surface area is 123 Å². The fourth-order valence-electron chi connectivity index (χ4n) is 2.86. The SMILES string of the molecule is O=C(CN1CCC(C(=O)O)c2ccccc21)NCC1CC1. The maximum absolute atomic E-state index is 12.0. The van der Waals surface area contributed by atoms with Gasteiger partial charge in [0.25, 0.3) is 0 Å². The van der Waals surface area contributed by atoms with Crippen molar-refractivity contribution in [3.63, 3.8) is 0 Å². The Morgan fingerprint density at radius 2 is 2.00 bits per heavy atom. The maximum Gasteiger partial charge on any atom is 0.311 e. The van der Waals surface area contributed by atoms with Gasteiger partial charge in [0.1, 0.15) is 0 Å². The minimum Gasteiger partial charge on any atom is -0.481 e. The van der Waals surface area contributed by atoms with Crippen molar-refractivity contribution in [2.24, 2.45) is 5.92 Å². The number of carbonyl (C=O) groups is 2. The molecule has 1 heterocycles. The Hall–Kier alpha value is -2.04. The summed E-state index contributed by atoms with van der Waals surface area (Å²) < 4.78 is 0. The van der Waals surface area contributed by atoms with E-state index < -0.39 is 11.9 Å². The minimum atomic E-state index is -0.791. The quantitative estimate of drug-likeness (QED) is 0.863. The first-order chi connectivity index (χ1) is 10.1. The lowest BCUT2D eigenvalue weighted by Gasteiger charge is -2.33. The summed E-state index contributed by atoms with van der Waals surface area (Å²) >= 11 is 0. The van der Waals surface area contributed by atoms with Crippen LogP contribution in [0, 0.1) is 5.92 Å². The van der Waals surface area contributed by atoms with Crippen LogP contribution in [0.25, 0.3) is 0 Å². The molecule has 112 valence electrons. The summed E-state index contributed by atoms with van der Waals surface area (Å²) in [5, 5.41) is 12.3. The number of amides is 1. The molecule has 0 radical (unpaired) electrons. The molecule has 0 spiro atoms. The Balaban J connectivity index is 1.69. The molecule has 1 amide bonds. The van der Waals surface area contributed by atoms with E-state index in [0.29, 0.717) is 25.4 Å². The monoisotopic (exact) mass is 288 g/mol. The second-order valence-corrected chi connectivity index (χ2v) is 5.91. The van der Waals surface area contributed by atoms with Gasteiger partial charge in [-0.15, -0.1) is 0 Å². The van der Waals surface area contributed by atoms with Crippen molar-refractivity contribution >= 4 is 17.6 Å². The number of nitrogens with one attached hydrogen (secondary N) is 1. The van der Waals surface area contributed by atoms with Crippen molar-refractivity contribution in [1.82, 2.24) is 5.32 Å². The molecule has 1 atom stereocenters. The van der Waals surface area contributed by atoms with E-state index in [2.05, 4.69) is 5.32 Å². The highest BCUT2D eigenvalue weighted by Gasteiger charge is 2.30. The molecule has 21 heavy (non-hydrogen) atoms. The predicted molar refractivity (Wildman–Crippen MR) is 79.4 cm³/mol. The second-order valence-electron chi connectivity index (χ2n) is 5.91. The number of rotatable bonds is 5. The highest BCUT2D eigenvalue weighted by molar-refractivity contribution is 5.84. The summed E-state index contributed by atoms with van der Waals surface area (Å²) in [5.41, 5.74) is 1.68. The molecular formula is C16H20N2O3. The van der Waals surface area contributed by atoms with E-state index >= 15 is 0 Å². The zero-order valence-electron chi connectivity index (χ0n) is 11.9. The molecule has 0 aromatic heterocycles. The van der Waals surface area contributed by atoms with Crippen molar-refractivity contribution in [1.29, 1.82) is 0 Å². The molecule has 1 aromatic rings. The van der Waals surface area contributed by atoms with Gasteiger partial charge in [0.15, 0.2) is 0 Å². The number of carboxylic acid groups (broad SMARTS) is 1. The van der Waals surface area contributed by atoms with Crippen molar-refractivity contribution in [2.45, 2.75) is 25.2 Å². The van der Waals surface area contributed by atoms with Crippen LogP contribution in [-0.2, 0) is 9.59 Å². The van der Waals surface area contributed by atoms with Crippen molar-refractivity contribution in [3.8, 4) is 0 Å². The average molecular weight is 288 g/mol. The van der Waals surface area contributed by atoms with Crippen LogP contribution in [0.5, 0.6) is 0 Å². The highest BCUT2D eigenvalue weighted by atomic mass is 16.4. The van der Waals surface area contributed by atoms with Gasteiger partial charge in [0.2, 0.25) is 5.91 Å². The lowest BCUT2D eigenvalue weighted by molar-refractivity contribution is -0.139. The topological polar surface area (TPSA) is 69.6 Å². The van der Waals surface area contributed by atoms with Crippen LogP contribution in [0.2, 0.25) is 0 Å². The molecule has 3 rings (SSSR count). The third-order valence-corrected chi connectivity index (χ3v) is 4.26. The molecule has 1 aliphatic heterocycles. The molecule has 1 unspecified atom stereocenters. The van der Waals surface area contributed by atoms with Crippen molar-refractivity contribution in [3.05, 3.63) is 29.8 Å². The van der Waals surface area contributed by atoms with Gasteiger partial charge in [0.05, 0.1) is 12.5 Å². The minimum absolute atomic E-state index is 0.0190. The number of benzene rings is 1. The average Bonchev–Trinajstić information content (AvgIpc) is 3.29. The molecule has 0 saturated heterocycles.